The summed E-state index contributed by atoms with van der Waals surface area (Å²) in [4.78, 5) is 196. The molecule has 108 heavy (non-hydrogen) atoms. The molecule has 0 aromatic rings. The topological polar surface area (TPSA) is 280 Å². The number of nitrogens with zero attached hydrogens (tertiary/aromatic N) is 10. The summed E-state index contributed by atoms with van der Waals surface area (Å²) in [7, 11) is 11.5. The Morgan fingerprint density at radius 1 is 0.667 bits per heavy atom. The maximum Gasteiger partial charge on any atom is 0.391 e. The maximum absolute atomic E-state index is 15.8. The molecule has 4 saturated carbocycles. The van der Waals surface area contributed by atoms with Crippen molar-refractivity contribution in [2.75, 3.05) is 109 Å². The van der Waals surface area contributed by atoms with Crippen LogP contribution in [0.2, 0.25) is 0 Å². The van der Waals surface area contributed by atoms with Gasteiger partial charge >= 0.3 is 6.18 Å². The second-order valence-electron chi connectivity index (χ2n) is 31.8. The molecule has 1 spiro atoms. The van der Waals surface area contributed by atoms with E-state index in [-0.39, 0.29) is 127 Å². The van der Waals surface area contributed by atoms with Gasteiger partial charge in [0.05, 0.1) is 43.5 Å². The van der Waals surface area contributed by atoms with Crippen molar-refractivity contribution in [2.24, 2.45) is 29.6 Å². The Kier molecular flexibility index (Phi) is 33.1. The molecule has 3 heterocycles. The average molecular weight is 1570 g/mol. The summed E-state index contributed by atoms with van der Waals surface area (Å²) >= 11 is 13.3. The highest BCUT2D eigenvalue weighted by Gasteiger charge is 2.57. The first-order valence-electron chi connectivity index (χ1n) is 39.5. The predicted octanol–water partition coefficient (Wildman–Crippen LogP) is 6.60. The average Bonchev–Trinajstić information content (AvgIpc) is 1.20. The lowest BCUT2D eigenvalue weighted by atomic mass is 9.73. The molecule has 610 valence electrons. The Morgan fingerprint density at radius 3 is 1.93 bits per heavy atom. The van der Waals surface area contributed by atoms with Crippen LogP contribution < -0.4 is 10.6 Å². The van der Waals surface area contributed by atoms with Crippen LogP contribution in [0.1, 0.15) is 189 Å². The third kappa shape index (κ3) is 21.7. The van der Waals surface area contributed by atoms with E-state index in [1.54, 1.807) is 40.0 Å². The number of ether oxygens (including phenoxy) is 2. The van der Waals surface area contributed by atoms with Crippen molar-refractivity contribution in [3.8, 4) is 0 Å². The van der Waals surface area contributed by atoms with Gasteiger partial charge in [-0.3, -0.25) is 57.5 Å². The molecule has 31 heteroatoms. The number of carbonyl (C=O) groups is 12. The van der Waals surface area contributed by atoms with Crippen LogP contribution in [0.5, 0.6) is 0 Å². The fraction of sp³-hybridized carbons (Fsp3) is 0.818. The van der Waals surface area contributed by atoms with Crippen LogP contribution in [0, 0.1) is 29.6 Å². The molecule has 13 atom stereocenters. The highest BCUT2D eigenvalue weighted by molar-refractivity contribution is 6.30. The third-order valence-electron chi connectivity index (χ3n) is 24.4. The van der Waals surface area contributed by atoms with E-state index in [4.69, 9.17) is 32.7 Å². The van der Waals surface area contributed by atoms with Gasteiger partial charge in [-0.1, -0.05) is 59.1 Å². The Labute approximate surface area is 647 Å². The van der Waals surface area contributed by atoms with Crippen LogP contribution >= 0.6 is 23.2 Å². The third-order valence-corrected chi connectivity index (χ3v) is 25.5. The van der Waals surface area contributed by atoms with Crippen LogP contribution in [0.25, 0.3) is 0 Å². The lowest BCUT2D eigenvalue weighted by Crippen LogP contribution is -2.68. The first kappa shape index (κ1) is 88.9. The van der Waals surface area contributed by atoms with Crippen molar-refractivity contribution < 1.29 is 80.2 Å². The number of hydrogen-bond acceptors (Lipinski definition) is 14. The SMILES string of the molecule is CCCOC[C@H]1C(=O)N[C@@H]([C@@H](C)CC)C(=O)N(C)CC(=O)N(C)[C@H]2C/C=C\CCN(C2=O)[C@@H](CC2CCC(C(F)(F)F)CC2)C(=O)N(C)CC(=O)N[C@@H](CCC2CCC(Cl)C(Cl)C2)C(=O)N2C[C@H](OCC)C[C@H]2C(=O)N(C)C2(CCC2)C(=O)N(C)[C@@H](C2CCCC2)C(=O)N(C)[C@H](C(=O)N(C)CCC)CC(=O)N1C. The smallest absolute Gasteiger partial charge is 0.379 e. The predicted molar refractivity (Wildman–Crippen MR) is 401 cm³/mol. The highest BCUT2D eigenvalue weighted by atomic mass is 35.5. The molecule has 26 nitrogen and oxygen atoms in total. The van der Waals surface area contributed by atoms with Crippen molar-refractivity contribution >= 4 is 94.1 Å². The lowest BCUT2D eigenvalue weighted by molar-refractivity contribution is -0.184. The van der Waals surface area contributed by atoms with Crippen molar-refractivity contribution in [3.63, 3.8) is 0 Å². The summed E-state index contributed by atoms with van der Waals surface area (Å²) in [6, 6.07) is -10.6. The second kappa shape index (κ2) is 40.2. The number of carbonyl (C=O) groups excluding carboxylic acids is 12. The van der Waals surface area contributed by atoms with Gasteiger partial charge < -0.3 is 69.1 Å². The summed E-state index contributed by atoms with van der Waals surface area (Å²) in [6.45, 7) is 7.89. The molecule has 0 aromatic heterocycles. The van der Waals surface area contributed by atoms with E-state index in [9.17, 15) is 37.1 Å². The van der Waals surface area contributed by atoms with Crippen LogP contribution in [0.15, 0.2) is 12.2 Å². The quantitative estimate of drug-likeness (QED) is 0.0882. The molecular formula is C77H123Cl2F3N12O14. The van der Waals surface area contributed by atoms with Gasteiger partial charge in [-0.15, -0.1) is 23.2 Å². The zero-order valence-corrected chi connectivity index (χ0v) is 67.6. The number of fused-ring (bicyclic) bond motifs is 3. The molecule has 3 aliphatic heterocycles. The molecule has 0 aromatic carbocycles. The van der Waals surface area contributed by atoms with Gasteiger partial charge in [-0.25, -0.2) is 0 Å². The monoisotopic (exact) mass is 1570 g/mol. The molecule has 2 N–H and O–H groups in total. The summed E-state index contributed by atoms with van der Waals surface area (Å²) in [5.74, 6) is -11.2. The molecule has 3 unspecified atom stereocenters. The van der Waals surface area contributed by atoms with Gasteiger partial charge in [0, 0.05) is 101 Å². The summed E-state index contributed by atoms with van der Waals surface area (Å²) in [6.07, 6.45) is 4.71. The van der Waals surface area contributed by atoms with Gasteiger partial charge in [0.25, 0.3) is 0 Å². The van der Waals surface area contributed by atoms with Crippen molar-refractivity contribution in [2.45, 2.75) is 266 Å². The number of hydrogen-bond donors (Lipinski definition) is 2. The minimum absolute atomic E-state index is 0.0137. The van der Waals surface area contributed by atoms with E-state index < -0.39 is 180 Å². The molecule has 0 radical (unpaired) electrons. The minimum atomic E-state index is -4.45. The van der Waals surface area contributed by atoms with E-state index in [0.29, 0.717) is 64.2 Å². The zero-order valence-electron chi connectivity index (χ0n) is 66.1. The minimum Gasteiger partial charge on any atom is -0.379 e. The molecule has 7 aliphatic rings. The van der Waals surface area contributed by atoms with Crippen LogP contribution in [0.3, 0.4) is 0 Å². The number of amides is 12. The van der Waals surface area contributed by atoms with E-state index in [2.05, 4.69) is 10.6 Å². The van der Waals surface area contributed by atoms with Crippen LogP contribution in [-0.2, 0) is 67.0 Å². The van der Waals surface area contributed by atoms with Gasteiger partial charge in [0.2, 0.25) is 70.9 Å². The van der Waals surface area contributed by atoms with Gasteiger partial charge in [0.1, 0.15) is 53.9 Å². The molecule has 2 bridgehead atoms. The number of rotatable bonds is 17. The first-order chi connectivity index (χ1) is 51.1. The van der Waals surface area contributed by atoms with Gasteiger partial charge in [-0.05, 0) is 153 Å². The van der Waals surface area contributed by atoms with E-state index in [0.717, 1.165) is 27.5 Å². The molecule has 12 amide bonds. The molecule has 6 fully saturated rings. The fourth-order valence-electron chi connectivity index (χ4n) is 17.1. The zero-order chi connectivity index (χ0) is 79.8. The number of alkyl halides is 5. The fourth-order valence-corrected chi connectivity index (χ4v) is 17.7. The number of halogens is 5. The van der Waals surface area contributed by atoms with Crippen molar-refractivity contribution in [1.29, 1.82) is 0 Å². The Balaban J connectivity index is 1.34. The highest BCUT2D eigenvalue weighted by Crippen LogP contribution is 2.44. The summed E-state index contributed by atoms with van der Waals surface area (Å²) in [5.41, 5.74) is -1.53. The Bertz CT molecular complexity index is 3170. The molecular weight excluding hydrogens is 1440 g/mol. The molecule has 4 aliphatic carbocycles. The summed E-state index contributed by atoms with van der Waals surface area (Å²) in [5, 5.41) is 5.13. The molecule has 7 rings (SSSR count). The van der Waals surface area contributed by atoms with Gasteiger partial charge in [-0.2, -0.15) is 13.2 Å². The van der Waals surface area contributed by atoms with Crippen LogP contribution in [-0.4, -0.2) is 306 Å². The molecule has 2 saturated heterocycles. The van der Waals surface area contributed by atoms with Gasteiger partial charge in [0.15, 0.2) is 0 Å². The van der Waals surface area contributed by atoms with E-state index in [1.807, 2.05) is 13.8 Å². The number of likely N-dealkylation sites (N-methyl/N-ethyl adjacent to an activating group) is 8. The van der Waals surface area contributed by atoms with Crippen LogP contribution in [0.4, 0.5) is 13.2 Å². The number of nitrogens with one attached hydrogen (secondary N) is 2. The van der Waals surface area contributed by atoms with Crippen molar-refractivity contribution in [3.05, 3.63) is 12.2 Å². The Hall–Kier alpha value is -6.33. The standard InChI is InChI=1S/C77H123Cl2F3N12O14/c1-14-37-85(6)69(100)58-43-63(96)89(10)61(47-107-39-15-2)67(98)84-65(48(5)16-3)73(104)87(8)46-64(97)88(9)57-26-19-18-22-38-93(72(57)103)59(41-50-27-31-52(32-28-50)77(80,81)82)70(101)86(7)45-62(95)83-56(34-30-49-29-33-54(78)55(79)40-49)68(99)94-44-53(108-17-4)42-60(94)71(102)92(13)76(35-23-36-76)75(106)91(12)66(74(105)90(58)11)51-24-20-21-25-51/h18-19,48-61,65-66H,14-17,20-47H2,1-13H3,(H,83,95)(H,84,98)/b19-18-/t48-,49?,50?,52?,53+,54?,55?,56-,57-,58-,59-,60-,61-,65-,66-/m0/s1. The maximum atomic E-state index is 15.8. The van der Waals surface area contributed by atoms with E-state index >= 15 is 33.6 Å². The second-order valence-corrected chi connectivity index (χ2v) is 32.9. The lowest BCUT2D eigenvalue weighted by Gasteiger charge is -2.51. The van der Waals surface area contributed by atoms with Crippen molar-refractivity contribution in [1.82, 2.24) is 59.6 Å². The summed E-state index contributed by atoms with van der Waals surface area (Å²) < 4.78 is 54.6. The Morgan fingerprint density at radius 2 is 1.32 bits per heavy atom. The normalized spacial score (nSPS) is 31.2. The largest absolute Gasteiger partial charge is 0.391 e. The first-order valence-corrected chi connectivity index (χ1v) is 40.4. The van der Waals surface area contributed by atoms with E-state index in [1.165, 1.54) is 83.6 Å².